The second-order valence-corrected chi connectivity index (χ2v) is 5.95. The van der Waals surface area contributed by atoms with Crippen LogP contribution in [0.15, 0.2) is 17.5 Å². The molecule has 0 aromatic carbocycles. The predicted molar refractivity (Wildman–Crippen MR) is 76.2 cm³/mol. The van der Waals surface area contributed by atoms with Gasteiger partial charge in [0.2, 0.25) is 0 Å². The first-order valence-corrected chi connectivity index (χ1v) is 7.74. The van der Waals surface area contributed by atoms with E-state index in [-0.39, 0.29) is 0 Å². The second-order valence-electron chi connectivity index (χ2n) is 5.00. The quantitative estimate of drug-likeness (QED) is 0.856. The topological polar surface area (TPSA) is 39.9 Å². The molecule has 0 unspecified atom stereocenters. The Hall–Kier alpha value is -1.20. The summed E-state index contributed by atoms with van der Waals surface area (Å²) in [4.78, 5) is 5.85. The fraction of sp³-hybridized carbons (Fsp3) is 0.571. The molecule has 0 radical (unpaired) electrons. The lowest BCUT2D eigenvalue weighted by Gasteiger charge is -2.22. The molecule has 0 spiro atoms. The molecular formula is C14H19N3OS. The number of thiophene rings is 1. The molecule has 3 rings (SSSR count). The van der Waals surface area contributed by atoms with Gasteiger partial charge in [-0.25, -0.2) is 9.67 Å². The molecule has 0 saturated heterocycles. The Kier molecular flexibility index (Phi) is 3.94. The van der Waals surface area contributed by atoms with Crippen LogP contribution in [0.25, 0.3) is 10.7 Å². The van der Waals surface area contributed by atoms with Crippen LogP contribution < -0.4 is 0 Å². The van der Waals surface area contributed by atoms with Crippen molar-refractivity contribution >= 4 is 11.3 Å². The Morgan fingerprint density at radius 1 is 1.37 bits per heavy atom. The van der Waals surface area contributed by atoms with Gasteiger partial charge in [-0.05, 0) is 24.3 Å². The first-order chi connectivity index (χ1) is 9.38. The molecule has 19 heavy (non-hydrogen) atoms. The first-order valence-electron chi connectivity index (χ1n) is 6.86. The maximum atomic E-state index is 5.17. The second kappa shape index (κ2) is 5.84. The van der Waals surface area contributed by atoms with Crippen molar-refractivity contribution in [3.05, 3.63) is 23.3 Å². The highest BCUT2D eigenvalue weighted by atomic mass is 32.1. The number of ether oxygens (including phenoxy) is 1. The Labute approximate surface area is 117 Å². The lowest BCUT2D eigenvalue weighted by molar-refractivity contribution is 0.176. The van der Waals surface area contributed by atoms with Gasteiger partial charge in [-0.2, -0.15) is 5.10 Å². The molecule has 1 aliphatic rings. The molecule has 2 heterocycles. The van der Waals surface area contributed by atoms with E-state index in [1.165, 1.54) is 37.0 Å². The third-order valence-corrected chi connectivity index (χ3v) is 4.48. The molecule has 0 aliphatic heterocycles. The zero-order valence-electron chi connectivity index (χ0n) is 11.2. The van der Waals surface area contributed by atoms with Gasteiger partial charge in [0.1, 0.15) is 6.61 Å². The van der Waals surface area contributed by atoms with Crippen LogP contribution in [0.2, 0.25) is 0 Å². The van der Waals surface area contributed by atoms with Gasteiger partial charge in [0, 0.05) is 7.11 Å². The van der Waals surface area contributed by atoms with Gasteiger partial charge >= 0.3 is 0 Å². The van der Waals surface area contributed by atoms with E-state index in [2.05, 4.69) is 32.3 Å². The van der Waals surface area contributed by atoms with Crippen molar-refractivity contribution in [2.24, 2.45) is 0 Å². The molecule has 2 aromatic rings. The molecule has 5 heteroatoms. The summed E-state index contributed by atoms with van der Waals surface area (Å²) in [7, 11) is 1.69. The lowest BCUT2D eigenvalue weighted by atomic mass is 9.95. The van der Waals surface area contributed by atoms with Gasteiger partial charge in [-0.15, -0.1) is 11.3 Å². The number of hydrogen-bond donors (Lipinski definition) is 0. The van der Waals surface area contributed by atoms with Crippen LogP contribution in [0.1, 0.15) is 44.0 Å². The minimum atomic E-state index is 0.484. The Morgan fingerprint density at radius 2 is 2.21 bits per heavy atom. The molecule has 0 amide bonds. The molecular weight excluding hydrogens is 258 g/mol. The smallest absolute Gasteiger partial charge is 0.176 e. The Morgan fingerprint density at radius 3 is 2.89 bits per heavy atom. The molecule has 1 aliphatic carbocycles. The summed E-state index contributed by atoms with van der Waals surface area (Å²) in [6.45, 7) is 0.484. The van der Waals surface area contributed by atoms with E-state index >= 15 is 0 Å². The maximum absolute atomic E-state index is 5.17. The van der Waals surface area contributed by atoms with E-state index in [1.54, 1.807) is 18.4 Å². The van der Waals surface area contributed by atoms with Crippen LogP contribution in [0, 0.1) is 0 Å². The van der Waals surface area contributed by atoms with Crippen LogP contribution in [0.5, 0.6) is 0 Å². The lowest BCUT2D eigenvalue weighted by Crippen LogP contribution is -2.15. The molecule has 102 valence electrons. The third kappa shape index (κ3) is 2.72. The fourth-order valence-corrected chi connectivity index (χ4v) is 3.42. The Bertz CT molecular complexity index is 515. The minimum Gasteiger partial charge on any atom is -0.377 e. The number of methoxy groups -OCH3 is 1. The largest absolute Gasteiger partial charge is 0.377 e. The number of aromatic nitrogens is 3. The van der Waals surface area contributed by atoms with Crippen molar-refractivity contribution in [2.75, 3.05) is 7.11 Å². The van der Waals surface area contributed by atoms with E-state index in [0.29, 0.717) is 12.6 Å². The highest BCUT2D eigenvalue weighted by molar-refractivity contribution is 7.13. The van der Waals surface area contributed by atoms with Crippen LogP contribution in [-0.4, -0.2) is 21.9 Å². The van der Waals surface area contributed by atoms with E-state index in [0.717, 1.165) is 11.6 Å². The zero-order valence-corrected chi connectivity index (χ0v) is 12.0. The monoisotopic (exact) mass is 277 g/mol. The molecule has 0 atom stereocenters. The van der Waals surface area contributed by atoms with E-state index in [1.807, 2.05) is 0 Å². The summed E-state index contributed by atoms with van der Waals surface area (Å²) in [6.07, 6.45) is 6.38. The summed E-state index contributed by atoms with van der Waals surface area (Å²) in [6, 6.07) is 4.68. The number of nitrogens with zero attached hydrogens (tertiary/aromatic N) is 3. The number of rotatable bonds is 4. The van der Waals surface area contributed by atoms with Gasteiger partial charge < -0.3 is 4.74 Å². The molecule has 0 N–H and O–H groups in total. The molecule has 1 saturated carbocycles. The first kappa shape index (κ1) is 12.8. The van der Waals surface area contributed by atoms with Crippen molar-refractivity contribution < 1.29 is 4.74 Å². The van der Waals surface area contributed by atoms with Crippen molar-refractivity contribution in [1.82, 2.24) is 14.8 Å². The van der Waals surface area contributed by atoms with Crippen LogP contribution in [0.4, 0.5) is 0 Å². The summed E-state index contributed by atoms with van der Waals surface area (Å²) in [5.41, 5.74) is 0. The molecule has 1 fully saturated rings. The minimum absolute atomic E-state index is 0.484. The van der Waals surface area contributed by atoms with Crippen LogP contribution in [0.3, 0.4) is 0 Å². The summed E-state index contributed by atoms with van der Waals surface area (Å²) >= 11 is 1.72. The fourth-order valence-electron chi connectivity index (χ4n) is 2.71. The molecule has 4 nitrogen and oxygen atoms in total. The van der Waals surface area contributed by atoms with E-state index in [4.69, 9.17) is 4.74 Å². The highest BCUT2D eigenvalue weighted by Crippen LogP contribution is 2.32. The van der Waals surface area contributed by atoms with E-state index < -0.39 is 0 Å². The molecule has 0 bridgehead atoms. The Balaban J connectivity index is 1.95. The third-order valence-electron chi connectivity index (χ3n) is 3.61. The standard InChI is InChI=1S/C14H19N3OS/c1-18-10-13-15-14(12-8-5-9-19-12)17(16-13)11-6-3-2-4-7-11/h5,8-9,11H,2-4,6-7,10H2,1H3. The van der Waals surface area contributed by atoms with Gasteiger partial charge in [0.15, 0.2) is 11.6 Å². The van der Waals surface area contributed by atoms with Gasteiger partial charge in [-0.1, -0.05) is 25.3 Å². The zero-order chi connectivity index (χ0) is 13.1. The summed E-state index contributed by atoms with van der Waals surface area (Å²) in [5.74, 6) is 1.80. The average Bonchev–Trinajstić information content (AvgIpc) is 3.08. The molecule has 2 aromatic heterocycles. The van der Waals surface area contributed by atoms with Gasteiger partial charge in [0.25, 0.3) is 0 Å². The van der Waals surface area contributed by atoms with Crippen molar-refractivity contribution in [3.8, 4) is 10.7 Å². The normalized spacial score (nSPS) is 16.9. The van der Waals surface area contributed by atoms with Gasteiger partial charge in [0.05, 0.1) is 10.9 Å². The van der Waals surface area contributed by atoms with Crippen molar-refractivity contribution in [2.45, 2.75) is 44.8 Å². The van der Waals surface area contributed by atoms with Crippen molar-refractivity contribution in [1.29, 1.82) is 0 Å². The SMILES string of the molecule is COCc1nc(-c2cccs2)n(C2CCCCC2)n1. The highest BCUT2D eigenvalue weighted by Gasteiger charge is 2.22. The van der Waals surface area contributed by atoms with Crippen molar-refractivity contribution in [3.63, 3.8) is 0 Å². The maximum Gasteiger partial charge on any atom is 0.176 e. The van der Waals surface area contributed by atoms with Crippen LogP contribution >= 0.6 is 11.3 Å². The van der Waals surface area contributed by atoms with E-state index in [9.17, 15) is 0 Å². The average molecular weight is 277 g/mol. The summed E-state index contributed by atoms with van der Waals surface area (Å²) in [5, 5.41) is 6.76. The predicted octanol–water partition coefficient (Wildman–Crippen LogP) is 3.66. The number of hydrogen-bond acceptors (Lipinski definition) is 4. The van der Waals surface area contributed by atoms with Crippen LogP contribution in [-0.2, 0) is 11.3 Å². The van der Waals surface area contributed by atoms with Gasteiger partial charge in [-0.3, -0.25) is 0 Å². The summed E-state index contributed by atoms with van der Waals surface area (Å²) < 4.78 is 7.30.